The molecule has 2 heterocycles. The molecule has 0 radical (unpaired) electrons. The molecule has 126 valence electrons. The minimum Gasteiger partial charge on any atom is -0.481 e. The van der Waals surface area contributed by atoms with Crippen LogP contribution in [0.15, 0.2) is 5.38 Å². The Morgan fingerprint density at radius 3 is 2.35 bits per heavy atom. The third-order valence-corrected chi connectivity index (χ3v) is 5.11. The third-order valence-electron chi connectivity index (χ3n) is 3.84. The van der Waals surface area contributed by atoms with Crippen LogP contribution < -0.4 is 0 Å². The fraction of sp³-hybridized carbons (Fsp3) is 0.600. The van der Waals surface area contributed by atoms with Crippen molar-refractivity contribution in [1.29, 1.82) is 0 Å². The van der Waals surface area contributed by atoms with Gasteiger partial charge in [0.25, 0.3) is 5.91 Å². The Bertz CT molecular complexity index is 634. The first-order chi connectivity index (χ1) is 10.6. The van der Waals surface area contributed by atoms with Crippen molar-refractivity contribution < 1.29 is 24.6 Å². The molecule has 1 aliphatic rings. The summed E-state index contributed by atoms with van der Waals surface area (Å²) in [6, 6.07) is -1.00. The number of carbonyl (C=O) groups is 3. The molecule has 2 N–H and O–H groups in total. The number of rotatable bonds is 3. The van der Waals surface area contributed by atoms with Crippen molar-refractivity contribution in [3.05, 3.63) is 16.1 Å². The van der Waals surface area contributed by atoms with E-state index in [9.17, 15) is 19.5 Å². The molecule has 0 aromatic carbocycles. The summed E-state index contributed by atoms with van der Waals surface area (Å²) in [5.41, 5.74) is -0.0295. The number of aliphatic carboxylic acids is 2. The van der Waals surface area contributed by atoms with Crippen molar-refractivity contribution in [2.75, 3.05) is 6.54 Å². The van der Waals surface area contributed by atoms with Gasteiger partial charge in [0.05, 0.1) is 10.9 Å². The van der Waals surface area contributed by atoms with Crippen molar-refractivity contribution in [1.82, 2.24) is 9.88 Å². The molecule has 0 unspecified atom stereocenters. The average molecular weight is 340 g/mol. The Labute approximate surface area is 137 Å². The van der Waals surface area contributed by atoms with Crippen LogP contribution in [0.1, 0.15) is 49.1 Å². The molecule has 0 spiro atoms. The summed E-state index contributed by atoms with van der Waals surface area (Å²) in [5, 5.41) is 20.8. The first kappa shape index (κ1) is 17.4. The Kier molecular flexibility index (Phi) is 4.74. The maximum Gasteiger partial charge on any atom is 0.326 e. The highest BCUT2D eigenvalue weighted by Crippen LogP contribution is 2.28. The van der Waals surface area contributed by atoms with Gasteiger partial charge < -0.3 is 15.1 Å². The van der Waals surface area contributed by atoms with E-state index in [0.29, 0.717) is 0 Å². The molecular weight excluding hydrogens is 320 g/mol. The van der Waals surface area contributed by atoms with E-state index in [-0.39, 0.29) is 30.5 Å². The zero-order valence-corrected chi connectivity index (χ0v) is 14.1. The number of carbonyl (C=O) groups excluding carboxylic acids is 1. The number of carboxylic acid groups (broad SMARTS) is 2. The third kappa shape index (κ3) is 3.69. The van der Waals surface area contributed by atoms with Crippen molar-refractivity contribution in [3.8, 4) is 0 Å². The lowest BCUT2D eigenvalue weighted by Crippen LogP contribution is -2.52. The van der Waals surface area contributed by atoms with Crippen LogP contribution in [0.2, 0.25) is 0 Å². The zero-order chi connectivity index (χ0) is 17.4. The molecule has 2 rings (SSSR count). The minimum atomic E-state index is -1.12. The Balaban J connectivity index is 2.27. The number of hydrogen-bond donors (Lipinski definition) is 2. The Hall–Kier alpha value is -1.96. The lowest BCUT2D eigenvalue weighted by molar-refractivity contribution is -0.150. The molecule has 1 fully saturated rings. The molecular formula is C15H20N2O5S. The van der Waals surface area contributed by atoms with Gasteiger partial charge in [0.15, 0.2) is 0 Å². The number of aromatic nitrogens is 1. The number of amides is 1. The second kappa shape index (κ2) is 6.27. The normalized spacial score (nSPS) is 22.0. The van der Waals surface area contributed by atoms with E-state index in [1.807, 2.05) is 20.8 Å². The van der Waals surface area contributed by atoms with E-state index in [0.717, 1.165) is 9.91 Å². The number of thiazole rings is 1. The zero-order valence-electron chi connectivity index (χ0n) is 13.3. The highest BCUT2D eigenvalue weighted by molar-refractivity contribution is 7.10. The summed E-state index contributed by atoms with van der Waals surface area (Å²) >= 11 is 1.34. The van der Waals surface area contributed by atoms with Gasteiger partial charge in [-0.15, -0.1) is 11.3 Å². The summed E-state index contributed by atoms with van der Waals surface area (Å²) in [4.78, 5) is 40.6. The lowest BCUT2D eigenvalue weighted by atomic mass is 9.92. The summed E-state index contributed by atoms with van der Waals surface area (Å²) < 4.78 is 0. The van der Waals surface area contributed by atoms with Crippen LogP contribution in [0.5, 0.6) is 0 Å². The van der Waals surface area contributed by atoms with E-state index in [4.69, 9.17) is 5.11 Å². The van der Waals surface area contributed by atoms with Crippen molar-refractivity contribution in [2.24, 2.45) is 5.92 Å². The number of nitrogens with zero attached hydrogens (tertiary/aromatic N) is 2. The molecule has 1 saturated heterocycles. The first-order valence-corrected chi connectivity index (χ1v) is 8.22. The Morgan fingerprint density at radius 2 is 1.87 bits per heavy atom. The molecule has 2 atom stereocenters. The van der Waals surface area contributed by atoms with E-state index in [1.54, 1.807) is 5.38 Å². The van der Waals surface area contributed by atoms with Gasteiger partial charge in [0, 0.05) is 17.3 Å². The van der Waals surface area contributed by atoms with E-state index >= 15 is 0 Å². The van der Waals surface area contributed by atoms with Crippen LogP contribution in [0.3, 0.4) is 0 Å². The van der Waals surface area contributed by atoms with Gasteiger partial charge in [-0.3, -0.25) is 9.59 Å². The average Bonchev–Trinajstić information content (AvgIpc) is 2.95. The predicted octanol–water partition coefficient (Wildman–Crippen LogP) is 1.83. The summed E-state index contributed by atoms with van der Waals surface area (Å²) in [5.74, 6) is -3.39. The highest BCUT2D eigenvalue weighted by Gasteiger charge is 2.39. The molecule has 8 heteroatoms. The second-order valence-corrected chi connectivity index (χ2v) is 7.57. The molecule has 0 bridgehead atoms. The van der Waals surface area contributed by atoms with Crippen molar-refractivity contribution in [3.63, 3.8) is 0 Å². The van der Waals surface area contributed by atoms with Gasteiger partial charge in [0.1, 0.15) is 11.7 Å². The van der Waals surface area contributed by atoms with Gasteiger partial charge in [-0.1, -0.05) is 20.8 Å². The number of likely N-dealkylation sites (tertiary alicyclic amines) is 1. The number of hydrogen-bond acceptors (Lipinski definition) is 5. The molecule has 0 aliphatic carbocycles. The van der Waals surface area contributed by atoms with Crippen LogP contribution in [-0.2, 0) is 15.0 Å². The second-order valence-electron chi connectivity index (χ2n) is 6.71. The summed E-state index contributed by atoms with van der Waals surface area (Å²) in [6.45, 7) is 5.82. The van der Waals surface area contributed by atoms with Crippen LogP contribution in [0.4, 0.5) is 0 Å². The summed E-state index contributed by atoms with van der Waals surface area (Å²) in [6.07, 6.45) is 0.384. The lowest BCUT2D eigenvalue weighted by Gasteiger charge is -2.35. The SMILES string of the molecule is CC(C)(C)c1nc(C(=O)N2C[C@@H](C(=O)O)CC[C@H]2C(=O)O)cs1. The quantitative estimate of drug-likeness (QED) is 0.869. The monoisotopic (exact) mass is 340 g/mol. The topological polar surface area (TPSA) is 108 Å². The minimum absolute atomic E-state index is 0.104. The van der Waals surface area contributed by atoms with Crippen LogP contribution >= 0.6 is 11.3 Å². The van der Waals surface area contributed by atoms with Gasteiger partial charge in [-0.05, 0) is 12.8 Å². The largest absolute Gasteiger partial charge is 0.481 e. The van der Waals surface area contributed by atoms with Gasteiger partial charge in [0.2, 0.25) is 0 Å². The first-order valence-electron chi connectivity index (χ1n) is 7.34. The van der Waals surface area contributed by atoms with Crippen molar-refractivity contribution >= 4 is 29.2 Å². The van der Waals surface area contributed by atoms with E-state index in [1.165, 1.54) is 11.3 Å². The van der Waals surface area contributed by atoms with Crippen LogP contribution in [0, 0.1) is 5.92 Å². The smallest absolute Gasteiger partial charge is 0.326 e. The van der Waals surface area contributed by atoms with Crippen LogP contribution in [-0.4, -0.2) is 50.5 Å². The maximum atomic E-state index is 12.6. The fourth-order valence-corrected chi connectivity index (χ4v) is 3.40. The Morgan fingerprint density at radius 1 is 1.22 bits per heavy atom. The number of carboxylic acids is 2. The molecule has 23 heavy (non-hydrogen) atoms. The molecule has 1 aliphatic heterocycles. The molecule has 1 amide bonds. The molecule has 7 nitrogen and oxygen atoms in total. The van der Waals surface area contributed by atoms with Crippen molar-refractivity contribution in [2.45, 2.75) is 45.1 Å². The maximum absolute atomic E-state index is 12.6. The van der Waals surface area contributed by atoms with Crippen LogP contribution in [0.25, 0.3) is 0 Å². The van der Waals surface area contributed by atoms with E-state index < -0.39 is 29.8 Å². The highest BCUT2D eigenvalue weighted by atomic mass is 32.1. The molecule has 1 aromatic rings. The number of piperidine rings is 1. The standard InChI is InChI=1S/C15H20N2O5S/c1-15(2,3)14-16-9(7-23-14)11(18)17-6-8(12(19)20)4-5-10(17)13(21)22/h7-8,10H,4-6H2,1-3H3,(H,19,20)(H,21,22)/t8-,10-/m0/s1. The van der Waals surface area contributed by atoms with Gasteiger partial charge >= 0.3 is 11.9 Å². The fourth-order valence-electron chi connectivity index (χ4n) is 2.52. The predicted molar refractivity (Wildman–Crippen MR) is 83.6 cm³/mol. The summed E-state index contributed by atoms with van der Waals surface area (Å²) in [7, 11) is 0. The van der Waals surface area contributed by atoms with Gasteiger partial charge in [-0.2, -0.15) is 0 Å². The molecule has 1 aromatic heterocycles. The molecule has 0 saturated carbocycles. The van der Waals surface area contributed by atoms with E-state index in [2.05, 4.69) is 4.98 Å². The van der Waals surface area contributed by atoms with Gasteiger partial charge in [-0.25, -0.2) is 9.78 Å².